The van der Waals surface area contributed by atoms with E-state index in [2.05, 4.69) is 15.6 Å². The van der Waals surface area contributed by atoms with E-state index in [1.807, 2.05) is 0 Å². The fourth-order valence-electron chi connectivity index (χ4n) is 2.32. The SMILES string of the molecule is COc1ccc(Cl)cc1NC(=O)c1nnn(Cc2ccc(F)cc2)c1N. The zero-order valence-electron chi connectivity index (χ0n) is 13.7. The fourth-order valence-corrected chi connectivity index (χ4v) is 2.49. The van der Waals surface area contributed by atoms with E-state index >= 15 is 0 Å². The third-order valence-corrected chi connectivity index (χ3v) is 3.88. The Balaban J connectivity index is 1.80. The van der Waals surface area contributed by atoms with Crippen LogP contribution in [0.4, 0.5) is 15.9 Å². The highest BCUT2D eigenvalue weighted by Gasteiger charge is 2.19. The molecule has 3 aromatic rings. The largest absolute Gasteiger partial charge is 0.495 e. The van der Waals surface area contributed by atoms with Crippen molar-refractivity contribution in [2.75, 3.05) is 18.2 Å². The van der Waals surface area contributed by atoms with Crippen molar-refractivity contribution in [1.29, 1.82) is 0 Å². The standard InChI is InChI=1S/C17H15ClFN5O2/c1-26-14-7-4-11(18)8-13(14)21-17(25)15-16(20)24(23-22-15)9-10-2-5-12(19)6-3-10/h2-8H,9,20H2,1H3,(H,21,25). The molecule has 0 unspecified atom stereocenters. The van der Waals surface area contributed by atoms with Crippen LogP contribution in [0.2, 0.25) is 5.02 Å². The van der Waals surface area contributed by atoms with Gasteiger partial charge >= 0.3 is 0 Å². The molecule has 3 rings (SSSR count). The van der Waals surface area contributed by atoms with Gasteiger partial charge in [0.05, 0.1) is 19.3 Å². The summed E-state index contributed by atoms with van der Waals surface area (Å²) >= 11 is 5.95. The average Bonchev–Trinajstić information content (AvgIpc) is 2.98. The van der Waals surface area contributed by atoms with Gasteiger partial charge in [-0.05, 0) is 35.9 Å². The molecule has 0 aliphatic rings. The van der Waals surface area contributed by atoms with Gasteiger partial charge in [-0.2, -0.15) is 0 Å². The highest BCUT2D eigenvalue weighted by molar-refractivity contribution is 6.31. The molecule has 2 aromatic carbocycles. The van der Waals surface area contributed by atoms with E-state index in [4.69, 9.17) is 22.1 Å². The lowest BCUT2D eigenvalue weighted by Gasteiger charge is -2.10. The number of aromatic nitrogens is 3. The molecular weight excluding hydrogens is 361 g/mol. The summed E-state index contributed by atoms with van der Waals surface area (Å²) in [5.41, 5.74) is 7.11. The van der Waals surface area contributed by atoms with Gasteiger partial charge in [-0.15, -0.1) is 5.10 Å². The van der Waals surface area contributed by atoms with Gasteiger partial charge in [0.15, 0.2) is 11.5 Å². The first-order chi connectivity index (χ1) is 12.5. The molecule has 1 amide bonds. The topological polar surface area (TPSA) is 95.1 Å². The second kappa shape index (κ2) is 7.40. The maximum Gasteiger partial charge on any atom is 0.280 e. The zero-order chi connectivity index (χ0) is 18.7. The van der Waals surface area contributed by atoms with Crippen LogP contribution in [0.1, 0.15) is 16.1 Å². The number of nitrogen functional groups attached to an aromatic ring is 1. The highest BCUT2D eigenvalue weighted by Crippen LogP contribution is 2.28. The summed E-state index contributed by atoms with van der Waals surface area (Å²) < 4.78 is 19.5. The molecule has 0 saturated carbocycles. The second-order valence-electron chi connectivity index (χ2n) is 5.41. The molecule has 7 nitrogen and oxygen atoms in total. The Bertz CT molecular complexity index is 943. The van der Waals surface area contributed by atoms with Gasteiger partial charge < -0.3 is 15.8 Å². The normalized spacial score (nSPS) is 10.6. The zero-order valence-corrected chi connectivity index (χ0v) is 14.5. The van der Waals surface area contributed by atoms with Gasteiger partial charge in [-0.1, -0.05) is 28.9 Å². The van der Waals surface area contributed by atoms with E-state index in [-0.39, 0.29) is 23.9 Å². The van der Waals surface area contributed by atoms with Gasteiger partial charge in [0.25, 0.3) is 5.91 Å². The number of nitrogens with zero attached hydrogens (tertiary/aromatic N) is 3. The van der Waals surface area contributed by atoms with E-state index in [1.54, 1.807) is 30.3 Å². The molecule has 0 aliphatic heterocycles. The number of halogens is 2. The number of hydrogen-bond acceptors (Lipinski definition) is 5. The lowest BCUT2D eigenvalue weighted by molar-refractivity contribution is 0.102. The number of amides is 1. The minimum Gasteiger partial charge on any atom is -0.495 e. The number of hydrogen-bond donors (Lipinski definition) is 2. The Morgan fingerprint density at radius 3 is 2.73 bits per heavy atom. The molecule has 1 heterocycles. The molecule has 0 saturated heterocycles. The summed E-state index contributed by atoms with van der Waals surface area (Å²) in [6.45, 7) is 0.257. The van der Waals surface area contributed by atoms with E-state index in [0.717, 1.165) is 5.56 Å². The van der Waals surface area contributed by atoms with Crippen LogP contribution in [-0.4, -0.2) is 28.0 Å². The Labute approximate surface area is 153 Å². The molecule has 0 fully saturated rings. The summed E-state index contributed by atoms with van der Waals surface area (Å²) in [5, 5.41) is 10.8. The smallest absolute Gasteiger partial charge is 0.280 e. The van der Waals surface area contributed by atoms with Gasteiger partial charge in [0.2, 0.25) is 0 Å². The molecule has 0 spiro atoms. The van der Waals surface area contributed by atoms with E-state index in [1.165, 1.54) is 23.9 Å². The Morgan fingerprint density at radius 2 is 2.04 bits per heavy atom. The lowest BCUT2D eigenvalue weighted by Crippen LogP contribution is -2.16. The number of carbonyl (C=O) groups excluding carboxylic acids is 1. The minimum absolute atomic E-state index is 0.0332. The van der Waals surface area contributed by atoms with Crippen LogP contribution in [0.15, 0.2) is 42.5 Å². The van der Waals surface area contributed by atoms with Crippen molar-refractivity contribution in [3.8, 4) is 5.75 Å². The van der Waals surface area contributed by atoms with Crippen LogP contribution >= 0.6 is 11.6 Å². The predicted molar refractivity (Wildman–Crippen MR) is 95.9 cm³/mol. The van der Waals surface area contributed by atoms with Crippen LogP contribution in [0.25, 0.3) is 0 Å². The number of carbonyl (C=O) groups is 1. The maximum atomic E-state index is 13.0. The molecule has 0 radical (unpaired) electrons. The van der Waals surface area contributed by atoms with E-state index in [9.17, 15) is 9.18 Å². The van der Waals surface area contributed by atoms with Crippen LogP contribution in [0, 0.1) is 5.82 Å². The molecule has 26 heavy (non-hydrogen) atoms. The molecule has 0 aliphatic carbocycles. The average molecular weight is 376 g/mol. The van der Waals surface area contributed by atoms with Crippen molar-refractivity contribution in [3.63, 3.8) is 0 Å². The summed E-state index contributed by atoms with van der Waals surface area (Å²) in [6, 6.07) is 10.7. The Kier molecular flexibility index (Phi) is 5.04. The first-order valence-corrected chi connectivity index (χ1v) is 7.94. The summed E-state index contributed by atoms with van der Waals surface area (Å²) in [6.07, 6.45) is 0. The van der Waals surface area contributed by atoms with Crippen molar-refractivity contribution in [2.45, 2.75) is 6.54 Å². The number of nitrogens with one attached hydrogen (secondary N) is 1. The van der Waals surface area contributed by atoms with Gasteiger partial charge in [-0.25, -0.2) is 9.07 Å². The molecule has 0 bridgehead atoms. The predicted octanol–water partition coefficient (Wildman–Crippen LogP) is 2.96. The molecular formula is C17H15ClFN5O2. The minimum atomic E-state index is -0.548. The van der Waals surface area contributed by atoms with Crippen molar-refractivity contribution < 1.29 is 13.9 Å². The van der Waals surface area contributed by atoms with Crippen molar-refractivity contribution in [2.24, 2.45) is 0 Å². The van der Waals surface area contributed by atoms with Gasteiger partial charge in [0, 0.05) is 5.02 Å². The Hall–Kier alpha value is -3.13. The fraction of sp³-hybridized carbons (Fsp3) is 0.118. The number of benzene rings is 2. The quantitative estimate of drug-likeness (QED) is 0.714. The van der Waals surface area contributed by atoms with Crippen molar-refractivity contribution >= 4 is 29.0 Å². The number of ether oxygens (including phenoxy) is 1. The summed E-state index contributed by atoms with van der Waals surface area (Å²) in [4.78, 5) is 12.5. The molecule has 134 valence electrons. The van der Waals surface area contributed by atoms with Gasteiger partial charge in [-0.3, -0.25) is 4.79 Å². The van der Waals surface area contributed by atoms with Gasteiger partial charge in [0.1, 0.15) is 11.6 Å². The third-order valence-electron chi connectivity index (χ3n) is 3.64. The van der Waals surface area contributed by atoms with Crippen molar-refractivity contribution in [3.05, 3.63) is 64.6 Å². The van der Waals surface area contributed by atoms with Crippen LogP contribution in [0.3, 0.4) is 0 Å². The molecule has 3 N–H and O–H groups in total. The van der Waals surface area contributed by atoms with E-state index < -0.39 is 5.91 Å². The number of methoxy groups -OCH3 is 1. The molecule has 9 heteroatoms. The summed E-state index contributed by atoms with van der Waals surface area (Å²) in [5.74, 6) is -0.350. The number of nitrogens with two attached hydrogens (primary N) is 1. The summed E-state index contributed by atoms with van der Waals surface area (Å²) in [7, 11) is 1.48. The van der Waals surface area contributed by atoms with Crippen LogP contribution in [0.5, 0.6) is 5.75 Å². The molecule has 0 atom stereocenters. The van der Waals surface area contributed by atoms with E-state index in [0.29, 0.717) is 16.5 Å². The third kappa shape index (κ3) is 3.75. The first kappa shape index (κ1) is 17.7. The lowest BCUT2D eigenvalue weighted by atomic mass is 10.2. The molecule has 1 aromatic heterocycles. The number of rotatable bonds is 5. The van der Waals surface area contributed by atoms with Crippen molar-refractivity contribution in [1.82, 2.24) is 15.0 Å². The monoisotopic (exact) mass is 375 g/mol. The van der Waals surface area contributed by atoms with Crippen LogP contribution in [-0.2, 0) is 6.54 Å². The highest BCUT2D eigenvalue weighted by atomic mass is 35.5. The Morgan fingerprint density at radius 1 is 1.31 bits per heavy atom. The number of anilines is 2. The van der Waals surface area contributed by atoms with Crippen LogP contribution < -0.4 is 15.8 Å². The second-order valence-corrected chi connectivity index (χ2v) is 5.84. The first-order valence-electron chi connectivity index (χ1n) is 7.56. The maximum absolute atomic E-state index is 13.0.